The topological polar surface area (TPSA) is 107 Å². The number of hydrogen-bond acceptors (Lipinski definition) is 6. The van der Waals surface area contributed by atoms with Gasteiger partial charge in [-0.05, 0) is 73.9 Å². The maximum Gasteiger partial charge on any atom is 0.573 e. The van der Waals surface area contributed by atoms with Crippen LogP contribution in [0.5, 0.6) is 17.2 Å². The highest BCUT2D eigenvalue weighted by molar-refractivity contribution is 5.91. The molecule has 2 N–H and O–H groups in total. The van der Waals surface area contributed by atoms with Gasteiger partial charge in [0.1, 0.15) is 23.9 Å². The molecule has 3 aromatic carbocycles. The monoisotopic (exact) mass is 622 g/mol. The molecule has 2 amide bonds. The van der Waals surface area contributed by atoms with E-state index in [1.165, 1.54) is 47.4 Å². The van der Waals surface area contributed by atoms with E-state index in [2.05, 4.69) is 10.1 Å². The van der Waals surface area contributed by atoms with Crippen LogP contribution in [0.2, 0.25) is 0 Å². The van der Waals surface area contributed by atoms with E-state index >= 15 is 0 Å². The average Bonchev–Trinajstić information content (AvgIpc) is 2.97. The van der Waals surface area contributed by atoms with Gasteiger partial charge in [-0.1, -0.05) is 24.3 Å². The Labute approximate surface area is 252 Å². The van der Waals surface area contributed by atoms with Gasteiger partial charge in [0.05, 0.1) is 18.8 Å². The van der Waals surface area contributed by atoms with Crippen molar-refractivity contribution in [1.29, 1.82) is 0 Å². The number of ether oxygens (including phenoxy) is 4. The SMILES string of the molecule is CCOC(Cc1ccc(OCCN(CCCCOc2ccc(F)cc2)C(=O)Nc2ccccc2OC(F)(F)F)cc1)C(=O)O. The van der Waals surface area contributed by atoms with Gasteiger partial charge in [0.25, 0.3) is 0 Å². The molecular formula is C31H34F4N2O7. The summed E-state index contributed by atoms with van der Waals surface area (Å²) in [5, 5.41) is 11.8. The molecule has 0 bridgehead atoms. The fourth-order valence-corrected chi connectivity index (χ4v) is 4.05. The second kappa shape index (κ2) is 16.9. The lowest BCUT2D eigenvalue weighted by atomic mass is 10.1. The zero-order valence-corrected chi connectivity index (χ0v) is 24.0. The summed E-state index contributed by atoms with van der Waals surface area (Å²) >= 11 is 0. The lowest BCUT2D eigenvalue weighted by Gasteiger charge is -2.24. The summed E-state index contributed by atoms with van der Waals surface area (Å²) < 4.78 is 72.3. The van der Waals surface area contributed by atoms with Crippen LogP contribution >= 0.6 is 0 Å². The molecule has 3 rings (SSSR count). The molecule has 0 saturated heterocycles. The highest BCUT2D eigenvalue weighted by Gasteiger charge is 2.32. The van der Waals surface area contributed by atoms with Gasteiger partial charge in [-0.15, -0.1) is 13.2 Å². The van der Waals surface area contributed by atoms with Crippen LogP contribution in [0.3, 0.4) is 0 Å². The third-order valence-electron chi connectivity index (χ3n) is 6.16. The van der Waals surface area contributed by atoms with Crippen molar-refractivity contribution >= 4 is 17.7 Å². The van der Waals surface area contributed by atoms with Crippen LogP contribution < -0.4 is 19.5 Å². The molecule has 0 aromatic heterocycles. The van der Waals surface area contributed by atoms with E-state index in [1.807, 2.05) is 0 Å². The number of nitrogens with zero attached hydrogens (tertiary/aromatic N) is 1. The first kappa shape index (κ1) is 34.0. The van der Waals surface area contributed by atoms with Crippen molar-refractivity contribution in [2.75, 3.05) is 38.2 Å². The maximum absolute atomic E-state index is 13.1. The molecule has 13 heteroatoms. The molecule has 0 radical (unpaired) electrons. The molecule has 0 saturated carbocycles. The summed E-state index contributed by atoms with van der Waals surface area (Å²) in [6.45, 7) is 2.68. The molecular weight excluding hydrogens is 588 g/mol. The Morgan fingerprint density at radius 3 is 2.16 bits per heavy atom. The summed E-state index contributed by atoms with van der Waals surface area (Å²) in [6.07, 6.45) is -4.69. The molecule has 0 aliphatic heterocycles. The van der Waals surface area contributed by atoms with Crippen LogP contribution in [0.15, 0.2) is 72.8 Å². The third-order valence-corrected chi connectivity index (χ3v) is 6.16. The molecule has 0 fully saturated rings. The first-order valence-corrected chi connectivity index (χ1v) is 13.9. The Balaban J connectivity index is 1.59. The van der Waals surface area contributed by atoms with E-state index < -0.39 is 30.2 Å². The number of carbonyl (C=O) groups is 2. The van der Waals surface area contributed by atoms with Gasteiger partial charge < -0.3 is 34.3 Å². The summed E-state index contributed by atoms with van der Waals surface area (Å²) in [5.41, 5.74) is 0.587. The number of rotatable bonds is 17. The fraction of sp³-hybridized carbons (Fsp3) is 0.355. The molecule has 1 atom stereocenters. The van der Waals surface area contributed by atoms with E-state index in [1.54, 1.807) is 31.2 Å². The number of benzene rings is 3. The minimum Gasteiger partial charge on any atom is -0.494 e. The van der Waals surface area contributed by atoms with Crippen LogP contribution in [-0.2, 0) is 16.0 Å². The second-order valence-electron chi connectivity index (χ2n) is 9.45. The zero-order chi connectivity index (χ0) is 32.0. The maximum atomic E-state index is 13.1. The molecule has 44 heavy (non-hydrogen) atoms. The van der Waals surface area contributed by atoms with Crippen LogP contribution in [0.1, 0.15) is 25.3 Å². The Hall–Kier alpha value is -4.52. The van der Waals surface area contributed by atoms with E-state index in [4.69, 9.17) is 14.2 Å². The number of hydrogen-bond donors (Lipinski definition) is 2. The van der Waals surface area contributed by atoms with Gasteiger partial charge in [0, 0.05) is 19.6 Å². The Morgan fingerprint density at radius 1 is 0.886 bits per heavy atom. The van der Waals surface area contributed by atoms with Crippen molar-refractivity contribution in [3.63, 3.8) is 0 Å². The molecule has 9 nitrogen and oxygen atoms in total. The number of carbonyl (C=O) groups excluding carboxylic acids is 1. The molecule has 238 valence electrons. The summed E-state index contributed by atoms with van der Waals surface area (Å²) in [4.78, 5) is 25.9. The summed E-state index contributed by atoms with van der Waals surface area (Å²) in [7, 11) is 0. The van der Waals surface area contributed by atoms with Crippen molar-refractivity contribution in [2.24, 2.45) is 0 Å². The van der Waals surface area contributed by atoms with E-state index in [0.29, 0.717) is 30.9 Å². The number of alkyl halides is 3. The van der Waals surface area contributed by atoms with E-state index in [-0.39, 0.29) is 44.2 Å². The van der Waals surface area contributed by atoms with Crippen molar-refractivity contribution in [2.45, 2.75) is 38.7 Å². The molecule has 0 aliphatic carbocycles. The van der Waals surface area contributed by atoms with Crippen LogP contribution in [0, 0.1) is 5.82 Å². The number of para-hydroxylation sites is 2. The molecule has 0 spiro atoms. The lowest BCUT2D eigenvalue weighted by Crippen LogP contribution is -2.39. The number of amides is 2. The minimum absolute atomic E-state index is 0.0657. The average molecular weight is 623 g/mol. The highest BCUT2D eigenvalue weighted by Crippen LogP contribution is 2.30. The summed E-state index contributed by atoms with van der Waals surface area (Å²) in [5.74, 6) is -1.01. The smallest absolute Gasteiger partial charge is 0.494 e. The van der Waals surface area contributed by atoms with Gasteiger partial charge in [0.15, 0.2) is 11.9 Å². The number of carboxylic acid groups (broad SMARTS) is 1. The van der Waals surface area contributed by atoms with Gasteiger partial charge in [-0.25, -0.2) is 14.0 Å². The summed E-state index contributed by atoms with van der Waals surface area (Å²) in [6, 6.07) is 16.9. The minimum atomic E-state index is -4.94. The number of carboxylic acids is 1. The fourth-order valence-electron chi connectivity index (χ4n) is 4.05. The number of anilines is 1. The van der Waals surface area contributed by atoms with Crippen molar-refractivity contribution < 1.29 is 51.2 Å². The number of unbranched alkanes of at least 4 members (excludes halogenated alkanes) is 1. The lowest BCUT2D eigenvalue weighted by molar-refractivity contribution is -0.274. The van der Waals surface area contributed by atoms with Gasteiger partial charge in [0.2, 0.25) is 0 Å². The largest absolute Gasteiger partial charge is 0.573 e. The first-order valence-electron chi connectivity index (χ1n) is 13.9. The normalized spacial score (nSPS) is 11.8. The zero-order valence-electron chi connectivity index (χ0n) is 24.0. The third kappa shape index (κ3) is 12.0. The molecule has 0 aliphatic rings. The van der Waals surface area contributed by atoms with E-state index in [9.17, 15) is 32.3 Å². The quantitative estimate of drug-likeness (QED) is 0.130. The number of urea groups is 1. The van der Waals surface area contributed by atoms with E-state index in [0.717, 1.165) is 11.6 Å². The van der Waals surface area contributed by atoms with Gasteiger partial charge >= 0.3 is 18.4 Å². The van der Waals surface area contributed by atoms with Crippen molar-refractivity contribution in [3.05, 3.63) is 84.2 Å². The number of aliphatic carboxylic acids is 1. The highest BCUT2D eigenvalue weighted by atomic mass is 19.4. The van der Waals surface area contributed by atoms with Crippen molar-refractivity contribution in [1.82, 2.24) is 4.90 Å². The van der Waals surface area contributed by atoms with Crippen LogP contribution in [0.25, 0.3) is 0 Å². The Morgan fingerprint density at radius 2 is 1.52 bits per heavy atom. The Bertz CT molecular complexity index is 1320. The van der Waals surface area contributed by atoms with Gasteiger partial charge in [-0.2, -0.15) is 0 Å². The van der Waals surface area contributed by atoms with Crippen LogP contribution in [-0.4, -0.2) is 67.4 Å². The molecule has 3 aromatic rings. The van der Waals surface area contributed by atoms with Crippen molar-refractivity contribution in [3.8, 4) is 17.2 Å². The predicted octanol–water partition coefficient (Wildman–Crippen LogP) is 6.53. The molecule has 1 unspecified atom stereocenters. The standard InChI is InChI=1S/C31H34F4N2O7/c1-2-41-28(29(38)39)21-22-9-13-24(14-10-22)43-20-18-37(17-5-6-19-42-25-15-11-23(32)12-16-25)30(40)36-26-7-3-4-8-27(26)44-31(33,34)35/h3-4,7-16,28H,2,5-6,17-21H2,1H3,(H,36,40)(H,38,39). The second-order valence-corrected chi connectivity index (χ2v) is 9.45. The number of nitrogens with one attached hydrogen (secondary N) is 1. The van der Waals surface area contributed by atoms with Gasteiger partial charge in [-0.3, -0.25) is 0 Å². The number of halogens is 4. The predicted molar refractivity (Wildman–Crippen MR) is 154 cm³/mol. The molecule has 0 heterocycles. The first-order chi connectivity index (χ1) is 21.0. The van der Waals surface area contributed by atoms with Crippen LogP contribution in [0.4, 0.5) is 28.0 Å². The Kier molecular flexibility index (Phi) is 13.1.